The van der Waals surface area contributed by atoms with Crippen LogP contribution in [0, 0.1) is 11.8 Å². The van der Waals surface area contributed by atoms with Gasteiger partial charge in [0.2, 0.25) is 5.76 Å². The van der Waals surface area contributed by atoms with E-state index in [1.165, 1.54) is 5.56 Å². The molecule has 0 aliphatic heterocycles. The fraction of sp³-hybridized carbons (Fsp3) is 0.333. The second kappa shape index (κ2) is 7.03. The number of rotatable bonds is 5. The first-order valence-electron chi connectivity index (χ1n) is 8.98. The number of hydrogen-bond acceptors (Lipinski definition) is 5. The largest absolute Gasteiger partial charge is 0.395 e. The molecule has 0 spiro atoms. The molecule has 1 aliphatic carbocycles. The van der Waals surface area contributed by atoms with Gasteiger partial charge in [0.1, 0.15) is 17.6 Å². The maximum Gasteiger partial charge on any atom is 0.210 e. The van der Waals surface area contributed by atoms with Crippen LogP contribution in [0.2, 0.25) is 0 Å². The number of nitrogens with zero attached hydrogens (tertiary/aromatic N) is 3. The van der Waals surface area contributed by atoms with Crippen LogP contribution in [0.15, 0.2) is 47.2 Å². The van der Waals surface area contributed by atoms with Gasteiger partial charge in [0, 0.05) is 29.4 Å². The molecule has 6 heteroatoms. The Morgan fingerprint density at radius 1 is 1.26 bits per heavy atom. The Hall–Kier alpha value is -2.88. The predicted octanol–water partition coefficient (Wildman–Crippen LogP) is 2.40. The van der Waals surface area contributed by atoms with Crippen molar-refractivity contribution in [2.45, 2.75) is 37.8 Å². The quantitative estimate of drug-likeness (QED) is 0.680. The average Bonchev–Trinajstić information content (AvgIpc) is 3.11. The van der Waals surface area contributed by atoms with Gasteiger partial charge in [-0.05, 0) is 43.4 Å². The first-order valence-corrected chi connectivity index (χ1v) is 8.98. The van der Waals surface area contributed by atoms with E-state index in [-0.39, 0.29) is 12.0 Å². The van der Waals surface area contributed by atoms with E-state index in [0.717, 1.165) is 18.4 Å². The first-order chi connectivity index (χ1) is 13.1. The standard InChI is InChI=1S/C21H21N3O3/c1-15(26)20-22-10-11-24(20)13-18-12-19(27-23-18)7-4-16-2-5-17(6-3-16)21(14-25)8-9-21/h2-3,5-6,10-12,15,25-26H,8-9,13-14H2,1H3/t15-/m0/s1. The van der Waals surface area contributed by atoms with Crippen LogP contribution in [0.4, 0.5) is 0 Å². The maximum absolute atomic E-state index is 9.71. The Labute approximate surface area is 157 Å². The third kappa shape index (κ3) is 3.65. The third-order valence-electron chi connectivity index (χ3n) is 5.00. The topological polar surface area (TPSA) is 84.3 Å². The van der Waals surface area contributed by atoms with Crippen molar-refractivity contribution in [3.8, 4) is 11.8 Å². The van der Waals surface area contributed by atoms with E-state index in [1.807, 2.05) is 28.8 Å². The van der Waals surface area contributed by atoms with Crippen molar-refractivity contribution in [2.24, 2.45) is 0 Å². The van der Waals surface area contributed by atoms with Gasteiger partial charge in [-0.25, -0.2) is 4.98 Å². The van der Waals surface area contributed by atoms with Gasteiger partial charge in [0.25, 0.3) is 0 Å². The molecule has 1 aliphatic rings. The molecule has 0 saturated heterocycles. The fourth-order valence-corrected chi connectivity index (χ4v) is 3.17. The van der Waals surface area contributed by atoms with Gasteiger partial charge in [0.05, 0.1) is 13.2 Å². The van der Waals surface area contributed by atoms with Gasteiger partial charge in [-0.2, -0.15) is 0 Å². The van der Waals surface area contributed by atoms with Crippen LogP contribution < -0.4 is 0 Å². The minimum absolute atomic E-state index is 0.0238. The summed E-state index contributed by atoms with van der Waals surface area (Å²) in [4.78, 5) is 4.14. The van der Waals surface area contributed by atoms with Crippen molar-refractivity contribution < 1.29 is 14.7 Å². The average molecular weight is 363 g/mol. The molecule has 0 bridgehead atoms. The monoisotopic (exact) mass is 363 g/mol. The highest BCUT2D eigenvalue weighted by atomic mass is 16.5. The minimum atomic E-state index is -0.644. The molecule has 2 heterocycles. The molecule has 1 atom stereocenters. The maximum atomic E-state index is 9.71. The van der Waals surface area contributed by atoms with Gasteiger partial charge < -0.3 is 19.3 Å². The zero-order valence-corrected chi connectivity index (χ0v) is 15.1. The molecule has 1 aromatic carbocycles. The van der Waals surface area contributed by atoms with Crippen LogP contribution in [0.3, 0.4) is 0 Å². The molecule has 0 amide bonds. The van der Waals surface area contributed by atoms with Crippen LogP contribution in [0.25, 0.3) is 0 Å². The lowest BCUT2D eigenvalue weighted by molar-refractivity contribution is 0.184. The first kappa shape index (κ1) is 17.5. The SMILES string of the molecule is C[C@H](O)c1nccn1Cc1cc(C#Cc2ccc(C3(CO)CC3)cc2)on1. The van der Waals surface area contributed by atoms with Crippen LogP contribution in [0.5, 0.6) is 0 Å². The molecule has 3 aromatic rings. The van der Waals surface area contributed by atoms with Gasteiger partial charge in [-0.1, -0.05) is 23.2 Å². The summed E-state index contributed by atoms with van der Waals surface area (Å²) in [7, 11) is 0. The molecule has 4 rings (SSSR count). The Morgan fingerprint density at radius 3 is 2.70 bits per heavy atom. The summed E-state index contributed by atoms with van der Waals surface area (Å²) < 4.78 is 7.11. The molecule has 0 radical (unpaired) electrons. The third-order valence-corrected chi connectivity index (χ3v) is 5.00. The zero-order valence-electron chi connectivity index (χ0n) is 15.1. The van der Waals surface area contributed by atoms with E-state index in [9.17, 15) is 10.2 Å². The highest BCUT2D eigenvalue weighted by Gasteiger charge is 2.43. The van der Waals surface area contributed by atoms with Gasteiger partial charge in [0.15, 0.2) is 0 Å². The lowest BCUT2D eigenvalue weighted by Crippen LogP contribution is -2.11. The summed E-state index contributed by atoms with van der Waals surface area (Å²) in [6, 6.07) is 9.80. The van der Waals surface area contributed by atoms with E-state index < -0.39 is 6.10 Å². The van der Waals surface area contributed by atoms with Gasteiger partial charge in [-0.15, -0.1) is 0 Å². The van der Waals surface area contributed by atoms with Crippen LogP contribution in [-0.4, -0.2) is 31.5 Å². The highest BCUT2D eigenvalue weighted by molar-refractivity contribution is 5.43. The Bertz CT molecular complexity index is 986. The Kier molecular flexibility index (Phi) is 4.56. The smallest absolute Gasteiger partial charge is 0.210 e. The number of aliphatic hydroxyl groups is 2. The summed E-state index contributed by atoms with van der Waals surface area (Å²) in [6.45, 7) is 2.34. The predicted molar refractivity (Wildman–Crippen MR) is 98.9 cm³/mol. The molecule has 6 nitrogen and oxygen atoms in total. The lowest BCUT2D eigenvalue weighted by atomic mass is 9.96. The van der Waals surface area contributed by atoms with Crippen molar-refractivity contribution in [1.82, 2.24) is 14.7 Å². The molecular formula is C21H21N3O3. The van der Waals surface area contributed by atoms with Crippen molar-refractivity contribution in [2.75, 3.05) is 6.61 Å². The summed E-state index contributed by atoms with van der Waals surface area (Å²) in [5.74, 6) is 7.13. The summed E-state index contributed by atoms with van der Waals surface area (Å²) in [5.41, 5.74) is 2.75. The highest BCUT2D eigenvalue weighted by Crippen LogP contribution is 2.47. The van der Waals surface area contributed by atoms with E-state index in [1.54, 1.807) is 25.4 Å². The number of benzene rings is 1. The summed E-state index contributed by atoms with van der Waals surface area (Å²) >= 11 is 0. The Balaban J connectivity index is 1.45. The summed E-state index contributed by atoms with van der Waals surface area (Å²) in [5, 5.41) is 23.3. The summed E-state index contributed by atoms with van der Waals surface area (Å²) in [6.07, 6.45) is 4.89. The number of hydrogen-bond donors (Lipinski definition) is 2. The molecule has 0 unspecified atom stereocenters. The molecule has 1 fully saturated rings. The van der Waals surface area contributed by atoms with Gasteiger partial charge in [-0.3, -0.25) is 0 Å². The number of aromatic nitrogens is 3. The van der Waals surface area contributed by atoms with E-state index in [0.29, 0.717) is 23.8 Å². The second-order valence-electron chi connectivity index (χ2n) is 7.04. The van der Waals surface area contributed by atoms with E-state index in [2.05, 4.69) is 22.0 Å². The molecule has 2 N–H and O–H groups in total. The lowest BCUT2D eigenvalue weighted by Gasteiger charge is -2.11. The van der Waals surface area contributed by atoms with Crippen LogP contribution >= 0.6 is 0 Å². The van der Waals surface area contributed by atoms with Crippen molar-refractivity contribution in [1.29, 1.82) is 0 Å². The number of aliphatic hydroxyl groups excluding tert-OH is 2. The number of imidazole rings is 1. The normalized spacial score (nSPS) is 15.8. The molecular weight excluding hydrogens is 342 g/mol. The van der Waals surface area contributed by atoms with Gasteiger partial charge >= 0.3 is 0 Å². The van der Waals surface area contributed by atoms with Crippen molar-refractivity contribution in [3.63, 3.8) is 0 Å². The second-order valence-corrected chi connectivity index (χ2v) is 7.04. The minimum Gasteiger partial charge on any atom is -0.395 e. The van der Waals surface area contributed by atoms with Crippen LogP contribution in [0.1, 0.15) is 54.3 Å². The van der Waals surface area contributed by atoms with Crippen molar-refractivity contribution in [3.05, 3.63) is 71.1 Å². The molecule has 2 aromatic heterocycles. The molecule has 1 saturated carbocycles. The Morgan fingerprint density at radius 2 is 2.04 bits per heavy atom. The fourth-order valence-electron chi connectivity index (χ4n) is 3.17. The van der Waals surface area contributed by atoms with Crippen molar-refractivity contribution >= 4 is 0 Å². The van der Waals surface area contributed by atoms with E-state index >= 15 is 0 Å². The van der Waals surface area contributed by atoms with Crippen LogP contribution in [-0.2, 0) is 12.0 Å². The van der Waals surface area contributed by atoms with E-state index in [4.69, 9.17) is 4.52 Å². The molecule has 27 heavy (non-hydrogen) atoms. The zero-order chi connectivity index (χ0) is 18.9. The molecule has 138 valence electrons.